The molecule has 0 aliphatic carbocycles. The number of hydrogen-bond acceptors (Lipinski definition) is 10. The zero-order chi connectivity index (χ0) is 23.4. The van der Waals surface area contributed by atoms with Crippen molar-refractivity contribution in [1.29, 1.82) is 0 Å². The topological polar surface area (TPSA) is 55.4 Å². The first-order chi connectivity index (χ1) is 15.0. The smallest absolute Gasteiger partial charge is 0.374 e. The highest BCUT2D eigenvalue weighted by atomic mass is 33.7. The van der Waals surface area contributed by atoms with Gasteiger partial charge in [0.15, 0.2) is 0 Å². The predicted molar refractivity (Wildman–Crippen MR) is 149 cm³/mol. The number of hydrogen-bond donors (Lipinski definition) is 0. The Hall–Kier alpha value is 1.81. The molecule has 0 amide bonds. The van der Waals surface area contributed by atoms with E-state index in [0.29, 0.717) is 44.8 Å². The van der Waals surface area contributed by atoms with Crippen LogP contribution < -0.4 is 0 Å². The third-order valence-electron chi connectivity index (χ3n) is 4.20. The van der Waals surface area contributed by atoms with Crippen LogP contribution in [0.3, 0.4) is 0 Å². The summed E-state index contributed by atoms with van der Waals surface area (Å²) in [4.78, 5) is 0. The van der Waals surface area contributed by atoms with Gasteiger partial charge in [-0.05, 0) is 74.0 Å². The van der Waals surface area contributed by atoms with E-state index in [-0.39, 0.29) is 0 Å². The fraction of sp³-hybridized carbons (Fsp3) is 1.00. The van der Waals surface area contributed by atoms with Gasteiger partial charge in [0.1, 0.15) is 0 Å². The third-order valence-corrected chi connectivity index (χ3v) is 20.2. The molecule has 0 N–H and O–H groups in total. The van der Waals surface area contributed by atoms with Crippen LogP contribution in [-0.4, -0.2) is 79.0 Å². The highest BCUT2D eigenvalue weighted by Gasteiger charge is 2.46. The van der Waals surface area contributed by atoms with Gasteiger partial charge < -0.3 is 26.6 Å². The molecular formula is C18H44O6S4Si3. The Balaban J connectivity index is 4.13. The lowest BCUT2D eigenvalue weighted by Crippen LogP contribution is -2.50. The third kappa shape index (κ3) is 14.1. The molecule has 0 radical (unpaired) electrons. The van der Waals surface area contributed by atoms with Crippen LogP contribution in [0.5, 0.6) is 0 Å². The zero-order valence-corrected chi connectivity index (χ0v) is 27.7. The maximum atomic E-state index is 6.05. The Morgan fingerprint density at radius 3 is 1.48 bits per heavy atom. The second kappa shape index (κ2) is 21.1. The summed E-state index contributed by atoms with van der Waals surface area (Å²) < 4.78 is 35.9. The van der Waals surface area contributed by atoms with Crippen LogP contribution in [0.4, 0.5) is 0 Å². The largest absolute Gasteiger partial charge is 0.500 e. The summed E-state index contributed by atoms with van der Waals surface area (Å²) in [6.07, 6.45) is 2.13. The van der Waals surface area contributed by atoms with Crippen LogP contribution in [0.15, 0.2) is 0 Å². The SMILES string of the molecule is CCO[Si](CCCSSSSCCC([SiH3])[Si](OCC)(OCC)OCC)(OCC)OCC. The van der Waals surface area contributed by atoms with Crippen molar-refractivity contribution in [3.63, 3.8) is 0 Å². The predicted octanol–water partition coefficient (Wildman–Crippen LogP) is 5.23. The minimum absolute atomic E-state index is 0.437. The van der Waals surface area contributed by atoms with E-state index in [1.54, 1.807) is 0 Å². The van der Waals surface area contributed by atoms with Crippen LogP contribution in [0.25, 0.3) is 0 Å². The van der Waals surface area contributed by atoms with Gasteiger partial charge in [0.05, 0.1) is 0 Å². The molecule has 1 atom stereocenters. The van der Waals surface area contributed by atoms with E-state index in [0.717, 1.165) is 40.6 Å². The van der Waals surface area contributed by atoms with Crippen molar-refractivity contribution in [2.75, 3.05) is 51.1 Å². The highest BCUT2D eigenvalue weighted by Crippen LogP contribution is 2.44. The first-order valence-electron chi connectivity index (χ1n) is 11.4. The molecule has 13 heteroatoms. The van der Waals surface area contributed by atoms with Crippen molar-refractivity contribution in [2.24, 2.45) is 0 Å². The molecule has 0 aliphatic rings. The Labute approximate surface area is 211 Å². The van der Waals surface area contributed by atoms with Gasteiger partial charge in [-0.3, -0.25) is 0 Å². The molecule has 1 unspecified atom stereocenters. The van der Waals surface area contributed by atoms with Gasteiger partial charge in [-0.2, -0.15) is 0 Å². The molecule has 0 fully saturated rings. The van der Waals surface area contributed by atoms with Crippen molar-refractivity contribution >= 4 is 69.1 Å². The van der Waals surface area contributed by atoms with Crippen LogP contribution >= 0.6 is 41.2 Å². The minimum Gasteiger partial charge on any atom is -0.374 e. The summed E-state index contributed by atoms with van der Waals surface area (Å²) in [5.74, 6) is 2.15. The Bertz CT molecular complexity index is 384. The molecule has 0 rings (SSSR count). The molecule has 0 spiro atoms. The summed E-state index contributed by atoms with van der Waals surface area (Å²) in [6, 6.07) is 0.884. The molecule has 6 nitrogen and oxygen atoms in total. The van der Waals surface area contributed by atoms with Crippen molar-refractivity contribution < 1.29 is 26.6 Å². The van der Waals surface area contributed by atoms with Gasteiger partial charge in [-0.15, -0.1) is 0 Å². The van der Waals surface area contributed by atoms with E-state index >= 15 is 0 Å². The molecule has 0 saturated heterocycles. The fourth-order valence-electron chi connectivity index (χ4n) is 3.01. The molecule has 0 aliphatic heterocycles. The van der Waals surface area contributed by atoms with Gasteiger partial charge in [0.2, 0.25) is 0 Å². The Morgan fingerprint density at radius 2 is 1.06 bits per heavy atom. The summed E-state index contributed by atoms with van der Waals surface area (Å²) in [5.41, 5.74) is 0. The molecule has 0 heterocycles. The normalized spacial score (nSPS) is 13.7. The molecule has 188 valence electrons. The van der Waals surface area contributed by atoms with Gasteiger partial charge in [0.25, 0.3) is 0 Å². The van der Waals surface area contributed by atoms with Crippen LogP contribution in [0.2, 0.25) is 11.2 Å². The molecule has 0 aromatic rings. The average molecular weight is 569 g/mol. The molecule has 0 aromatic carbocycles. The zero-order valence-electron chi connectivity index (χ0n) is 20.4. The molecule has 0 saturated carbocycles. The Kier molecular flexibility index (Phi) is 22.4. The quantitative estimate of drug-likeness (QED) is 0.0930. The van der Waals surface area contributed by atoms with Gasteiger partial charge >= 0.3 is 17.6 Å². The fourth-order valence-corrected chi connectivity index (χ4v) is 17.4. The minimum atomic E-state index is -2.53. The molecule has 0 aromatic heterocycles. The van der Waals surface area contributed by atoms with Crippen LogP contribution in [-0.2, 0) is 26.6 Å². The maximum absolute atomic E-state index is 6.05. The van der Waals surface area contributed by atoms with Gasteiger partial charge in [0, 0.05) is 72.6 Å². The summed E-state index contributed by atoms with van der Waals surface area (Å²) in [7, 11) is 3.52. The van der Waals surface area contributed by atoms with E-state index in [1.807, 2.05) is 82.8 Å². The van der Waals surface area contributed by atoms with E-state index in [4.69, 9.17) is 26.6 Å². The van der Waals surface area contributed by atoms with Crippen molar-refractivity contribution in [3.8, 4) is 0 Å². The van der Waals surface area contributed by atoms with Gasteiger partial charge in [-0.1, -0.05) is 21.6 Å². The first kappa shape index (κ1) is 32.8. The lowest BCUT2D eigenvalue weighted by molar-refractivity contribution is 0.0676. The molecule has 0 bridgehead atoms. The van der Waals surface area contributed by atoms with Crippen LogP contribution in [0, 0.1) is 0 Å². The van der Waals surface area contributed by atoms with Gasteiger partial charge in [-0.25, -0.2) is 0 Å². The second-order valence-electron chi connectivity index (χ2n) is 6.46. The average Bonchev–Trinajstić information content (AvgIpc) is 2.73. The van der Waals surface area contributed by atoms with E-state index in [1.165, 1.54) is 0 Å². The standard InChI is InChI=1S/C18H44O6S4Si3/c1-7-19-30(20-8-2,21-9-3)17-13-15-25-27-28-26-16-14-18(29)31(22-10-4,23-11-5)24-12-6/h18H,7-17H2,1-6,29H3. The maximum Gasteiger partial charge on any atom is 0.500 e. The van der Waals surface area contributed by atoms with E-state index < -0.39 is 17.6 Å². The van der Waals surface area contributed by atoms with E-state index in [9.17, 15) is 0 Å². The monoisotopic (exact) mass is 568 g/mol. The van der Waals surface area contributed by atoms with Crippen molar-refractivity contribution in [3.05, 3.63) is 0 Å². The van der Waals surface area contributed by atoms with Crippen molar-refractivity contribution in [1.82, 2.24) is 0 Å². The Morgan fingerprint density at radius 1 is 0.645 bits per heavy atom. The van der Waals surface area contributed by atoms with Crippen molar-refractivity contribution in [2.45, 2.75) is 65.6 Å². The van der Waals surface area contributed by atoms with E-state index in [2.05, 4.69) is 0 Å². The summed E-state index contributed by atoms with van der Waals surface area (Å²) in [5, 5.41) is 0.437. The van der Waals surface area contributed by atoms with Crippen LogP contribution in [0.1, 0.15) is 54.4 Å². The lowest BCUT2D eigenvalue weighted by atomic mass is 10.6. The summed E-state index contributed by atoms with van der Waals surface area (Å²) >= 11 is 0. The second-order valence-corrected chi connectivity index (χ2v) is 21.0. The number of rotatable bonds is 23. The first-order valence-corrected chi connectivity index (χ1v) is 21.4. The lowest BCUT2D eigenvalue weighted by Gasteiger charge is -2.33. The molecular weight excluding hydrogens is 525 g/mol. The summed E-state index contributed by atoms with van der Waals surface area (Å²) in [6.45, 7) is 16.0. The highest BCUT2D eigenvalue weighted by molar-refractivity contribution is 9.26. The molecule has 31 heavy (non-hydrogen) atoms.